The Morgan fingerprint density at radius 3 is 2.21 bits per heavy atom. The van der Waals surface area contributed by atoms with Gasteiger partial charge in [0.15, 0.2) is 0 Å². The summed E-state index contributed by atoms with van der Waals surface area (Å²) in [6.45, 7) is 9.41. The van der Waals surface area contributed by atoms with Crippen LogP contribution in [-0.4, -0.2) is 40.2 Å². The molecule has 0 saturated heterocycles. The van der Waals surface area contributed by atoms with Crippen molar-refractivity contribution < 1.29 is 19.7 Å². The highest BCUT2D eigenvalue weighted by atomic mass is 16.6. The number of aliphatic hydroxyl groups excluding tert-OH is 2. The number of carbonyl (C=O) groups excluding carboxylic acids is 1. The third-order valence-electron chi connectivity index (χ3n) is 4.73. The van der Waals surface area contributed by atoms with Gasteiger partial charge in [-0.1, -0.05) is 33.1 Å². The molecule has 24 heavy (non-hydrogen) atoms. The molecule has 1 amide bonds. The van der Waals surface area contributed by atoms with Crippen molar-refractivity contribution in [1.82, 2.24) is 5.32 Å². The van der Waals surface area contributed by atoms with Gasteiger partial charge in [0.25, 0.3) is 0 Å². The van der Waals surface area contributed by atoms with Gasteiger partial charge < -0.3 is 20.3 Å². The summed E-state index contributed by atoms with van der Waals surface area (Å²) >= 11 is 0. The minimum absolute atomic E-state index is 0.102. The quantitative estimate of drug-likeness (QED) is 0.660. The molecule has 1 aliphatic carbocycles. The molecule has 1 fully saturated rings. The Labute approximate surface area is 147 Å². The topological polar surface area (TPSA) is 78.8 Å². The zero-order valence-corrected chi connectivity index (χ0v) is 16.0. The highest BCUT2D eigenvalue weighted by molar-refractivity contribution is 5.68. The van der Waals surface area contributed by atoms with Crippen molar-refractivity contribution >= 4 is 6.09 Å². The predicted molar refractivity (Wildman–Crippen MR) is 95.8 cm³/mol. The molecule has 3 atom stereocenters. The Morgan fingerprint density at radius 1 is 1.12 bits per heavy atom. The van der Waals surface area contributed by atoms with Crippen LogP contribution in [-0.2, 0) is 4.74 Å². The van der Waals surface area contributed by atoms with Crippen molar-refractivity contribution in [3.8, 4) is 0 Å². The van der Waals surface area contributed by atoms with Gasteiger partial charge in [-0.15, -0.1) is 0 Å². The highest BCUT2D eigenvalue weighted by Gasteiger charge is 2.29. The number of carbonyl (C=O) groups is 1. The molecule has 0 aromatic carbocycles. The number of rotatable bonds is 7. The fraction of sp³-hybridized carbons (Fsp3) is 0.947. The Balaban J connectivity index is 2.65. The summed E-state index contributed by atoms with van der Waals surface area (Å²) in [6, 6.07) is -0.102. The number of aliphatic hydroxyl groups is 2. The molecule has 0 spiro atoms. The van der Waals surface area contributed by atoms with E-state index in [1.54, 1.807) is 0 Å². The van der Waals surface area contributed by atoms with Crippen molar-refractivity contribution in [2.24, 2.45) is 11.8 Å². The second-order valence-corrected chi connectivity index (χ2v) is 8.59. The molecule has 3 N–H and O–H groups in total. The van der Waals surface area contributed by atoms with Crippen molar-refractivity contribution in [3.05, 3.63) is 0 Å². The van der Waals surface area contributed by atoms with Crippen LogP contribution in [0.1, 0.15) is 79.6 Å². The SMILES string of the molecule is CC(C)[C@@H](O)C[C@@H](O)C[C@H](NC(=O)OC(C)(C)C)C1CCCCC1. The zero-order chi connectivity index (χ0) is 18.3. The van der Waals surface area contributed by atoms with Gasteiger partial charge in [0.05, 0.1) is 12.2 Å². The van der Waals surface area contributed by atoms with E-state index in [9.17, 15) is 15.0 Å². The second kappa shape index (κ2) is 9.62. The van der Waals surface area contributed by atoms with Crippen LogP contribution in [0.4, 0.5) is 4.79 Å². The first kappa shape index (κ1) is 21.2. The molecule has 1 aliphatic rings. The smallest absolute Gasteiger partial charge is 0.407 e. The van der Waals surface area contributed by atoms with Gasteiger partial charge >= 0.3 is 6.09 Å². The fourth-order valence-corrected chi connectivity index (χ4v) is 3.30. The molecule has 0 heterocycles. The summed E-state index contributed by atoms with van der Waals surface area (Å²) < 4.78 is 5.38. The van der Waals surface area contributed by atoms with E-state index in [1.807, 2.05) is 34.6 Å². The van der Waals surface area contributed by atoms with Crippen LogP contribution in [0.3, 0.4) is 0 Å². The van der Waals surface area contributed by atoms with Crippen molar-refractivity contribution in [2.75, 3.05) is 0 Å². The monoisotopic (exact) mass is 343 g/mol. The van der Waals surface area contributed by atoms with Crippen LogP contribution < -0.4 is 5.32 Å². The Kier molecular flexibility index (Phi) is 8.51. The van der Waals surface area contributed by atoms with Crippen LogP contribution in [0.25, 0.3) is 0 Å². The van der Waals surface area contributed by atoms with E-state index >= 15 is 0 Å². The zero-order valence-electron chi connectivity index (χ0n) is 16.0. The second-order valence-electron chi connectivity index (χ2n) is 8.59. The average molecular weight is 344 g/mol. The largest absolute Gasteiger partial charge is 0.444 e. The van der Waals surface area contributed by atoms with Gasteiger partial charge in [-0.05, 0) is 58.3 Å². The maximum absolute atomic E-state index is 12.2. The van der Waals surface area contributed by atoms with Crippen molar-refractivity contribution in [2.45, 2.75) is 103 Å². The summed E-state index contributed by atoms with van der Waals surface area (Å²) in [4.78, 5) is 12.2. The van der Waals surface area contributed by atoms with Gasteiger partial charge in [-0.2, -0.15) is 0 Å². The molecular formula is C19H37NO4. The van der Waals surface area contributed by atoms with Crippen LogP contribution >= 0.6 is 0 Å². The van der Waals surface area contributed by atoms with Crippen molar-refractivity contribution in [1.29, 1.82) is 0 Å². The van der Waals surface area contributed by atoms with Gasteiger partial charge in [-0.3, -0.25) is 0 Å². The predicted octanol–water partition coefficient (Wildman–Crippen LogP) is 3.62. The minimum atomic E-state index is -0.621. The maximum Gasteiger partial charge on any atom is 0.407 e. The van der Waals surface area contributed by atoms with Crippen LogP contribution in [0.2, 0.25) is 0 Å². The lowest BCUT2D eigenvalue weighted by Crippen LogP contribution is -2.45. The van der Waals surface area contributed by atoms with E-state index in [-0.39, 0.29) is 12.0 Å². The molecule has 0 aliphatic heterocycles. The third-order valence-corrected chi connectivity index (χ3v) is 4.73. The van der Waals surface area contributed by atoms with E-state index in [2.05, 4.69) is 5.32 Å². The van der Waals surface area contributed by atoms with Gasteiger partial charge in [0.1, 0.15) is 5.60 Å². The summed E-state index contributed by atoms with van der Waals surface area (Å²) in [5.41, 5.74) is -0.534. The molecule has 5 heteroatoms. The first-order chi connectivity index (χ1) is 11.1. The first-order valence-electron chi connectivity index (χ1n) is 9.44. The number of nitrogens with one attached hydrogen (secondary N) is 1. The number of hydrogen-bond acceptors (Lipinski definition) is 4. The number of ether oxygens (including phenoxy) is 1. The van der Waals surface area contributed by atoms with E-state index in [4.69, 9.17) is 4.74 Å². The Bertz CT molecular complexity index is 372. The lowest BCUT2D eigenvalue weighted by molar-refractivity contribution is 0.0308. The molecule has 0 radical (unpaired) electrons. The molecule has 142 valence electrons. The molecule has 0 aromatic rings. The normalized spacial score (nSPS) is 20.5. The molecule has 5 nitrogen and oxygen atoms in total. The fourth-order valence-electron chi connectivity index (χ4n) is 3.30. The highest BCUT2D eigenvalue weighted by Crippen LogP contribution is 2.29. The van der Waals surface area contributed by atoms with E-state index in [1.165, 1.54) is 19.3 Å². The molecule has 0 bridgehead atoms. The molecular weight excluding hydrogens is 306 g/mol. The summed E-state index contributed by atoms with van der Waals surface area (Å²) in [6.07, 6.45) is 4.96. The van der Waals surface area contributed by atoms with Crippen LogP contribution in [0.15, 0.2) is 0 Å². The van der Waals surface area contributed by atoms with Crippen LogP contribution in [0.5, 0.6) is 0 Å². The van der Waals surface area contributed by atoms with Crippen molar-refractivity contribution in [3.63, 3.8) is 0 Å². The average Bonchev–Trinajstić information content (AvgIpc) is 2.45. The first-order valence-corrected chi connectivity index (χ1v) is 9.44. The lowest BCUT2D eigenvalue weighted by Gasteiger charge is -2.33. The van der Waals surface area contributed by atoms with Crippen LogP contribution in [0, 0.1) is 11.8 Å². The van der Waals surface area contributed by atoms with Gasteiger partial charge in [-0.25, -0.2) is 4.79 Å². The van der Waals surface area contributed by atoms with E-state index < -0.39 is 23.9 Å². The number of alkyl carbamates (subject to hydrolysis) is 1. The molecule has 0 unspecified atom stereocenters. The number of hydrogen-bond donors (Lipinski definition) is 3. The maximum atomic E-state index is 12.2. The standard InChI is InChI=1S/C19H37NO4/c1-13(2)17(22)12-15(21)11-16(14-9-7-6-8-10-14)20-18(23)24-19(3,4)5/h13-17,21-22H,6-12H2,1-5H3,(H,20,23)/t15-,16-,17-/m0/s1. The third kappa shape index (κ3) is 8.34. The minimum Gasteiger partial charge on any atom is -0.444 e. The summed E-state index contributed by atoms with van der Waals surface area (Å²) in [5, 5.41) is 23.3. The van der Waals surface area contributed by atoms with Gasteiger partial charge in [0.2, 0.25) is 0 Å². The van der Waals surface area contributed by atoms with Gasteiger partial charge in [0, 0.05) is 6.04 Å². The van der Waals surface area contributed by atoms with E-state index in [0.29, 0.717) is 18.8 Å². The summed E-state index contributed by atoms with van der Waals surface area (Å²) in [5.74, 6) is 0.490. The van der Waals surface area contributed by atoms with E-state index in [0.717, 1.165) is 12.8 Å². The molecule has 1 rings (SSSR count). The summed E-state index contributed by atoms with van der Waals surface area (Å²) in [7, 11) is 0. The lowest BCUT2D eigenvalue weighted by atomic mass is 9.81. The Hall–Kier alpha value is -0.810. The molecule has 1 saturated carbocycles. The number of amides is 1. The molecule has 0 aromatic heterocycles. The Morgan fingerprint density at radius 2 is 1.71 bits per heavy atom.